The van der Waals surface area contributed by atoms with Crippen LogP contribution in [0.5, 0.6) is 0 Å². The van der Waals surface area contributed by atoms with Crippen LogP contribution in [-0.2, 0) is 11.2 Å². The fraction of sp³-hybridized carbons (Fsp3) is 0.261. The highest BCUT2D eigenvalue weighted by Crippen LogP contribution is 2.32. The van der Waals surface area contributed by atoms with Gasteiger partial charge in [-0.2, -0.15) is 0 Å². The predicted octanol–water partition coefficient (Wildman–Crippen LogP) is 4.75. The van der Waals surface area contributed by atoms with Crippen LogP contribution in [0.2, 0.25) is 0 Å². The van der Waals surface area contributed by atoms with Crippen LogP contribution in [0.4, 0.5) is 9.52 Å². The largest absolute Gasteiger partial charge is 0.335 e. The fourth-order valence-corrected chi connectivity index (χ4v) is 4.42. The first-order valence-electron chi connectivity index (χ1n) is 9.87. The molecule has 154 valence electrons. The van der Waals surface area contributed by atoms with E-state index >= 15 is 0 Å². The maximum Gasteiger partial charge on any atom is 0.260 e. The molecule has 2 heterocycles. The molecular formula is C23H22FN3O2S. The van der Waals surface area contributed by atoms with Crippen molar-refractivity contribution in [1.82, 2.24) is 9.88 Å². The summed E-state index contributed by atoms with van der Waals surface area (Å²) in [4.78, 5) is 31.4. The number of halogens is 1. The average Bonchev–Trinajstić information content (AvgIpc) is 3.38. The Balaban J connectivity index is 1.40. The van der Waals surface area contributed by atoms with Crippen molar-refractivity contribution in [3.63, 3.8) is 0 Å². The molecule has 5 nitrogen and oxygen atoms in total. The van der Waals surface area contributed by atoms with Gasteiger partial charge in [0.15, 0.2) is 5.13 Å². The van der Waals surface area contributed by atoms with Crippen LogP contribution in [0, 0.1) is 12.7 Å². The molecule has 30 heavy (non-hydrogen) atoms. The number of nitrogens with zero attached hydrogens (tertiary/aromatic N) is 2. The van der Waals surface area contributed by atoms with Crippen molar-refractivity contribution in [2.75, 3.05) is 11.9 Å². The van der Waals surface area contributed by atoms with Crippen LogP contribution in [0.15, 0.2) is 53.9 Å². The van der Waals surface area contributed by atoms with Gasteiger partial charge in [-0.3, -0.25) is 14.9 Å². The molecule has 1 atom stereocenters. The van der Waals surface area contributed by atoms with Crippen molar-refractivity contribution in [3.8, 4) is 0 Å². The number of benzene rings is 2. The number of rotatable bonds is 5. The molecule has 1 unspecified atom stereocenters. The summed E-state index contributed by atoms with van der Waals surface area (Å²) in [7, 11) is 0. The highest BCUT2D eigenvalue weighted by Gasteiger charge is 2.30. The quantitative estimate of drug-likeness (QED) is 0.644. The molecule has 2 amide bonds. The van der Waals surface area contributed by atoms with Crippen LogP contribution < -0.4 is 5.32 Å². The number of hydrogen-bond acceptors (Lipinski definition) is 4. The van der Waals surface area contributed by atoms with Crippen LogP contribution in [0.1, 0.15) is 46.1 Å². The normalized spacial score (nSPS) is 15.9. The number of amides is 2. The van der Waals surface area contributed by atoms with Gasteiger partial charge in [-0.15, -0.1) is 11.3 Å². The second-order valence-electron chi connectivity index (χ2n) is 7.41. The smallest absolute Gasteiger partial charge is 0.260 e. The van der Waals surface area contributed by atoms with Gasteiger partial charge in [0, 0.05) is 11.9 Å². The van der Waals surface area contributed by atoms with Crippen molar-refractivity contribution in [1.29, 1.82) is 0 Å². The first kappa shape index (κ1) is 20.2. The van der Waals surface area contributed by atoms with Gasteiger partial charge in [0.05, 0.1) is 23.7 Å². The van der Waals surface area contributed by atoms with Crippen molar-refractivity contribution < 1.29 is 14.0 Å². The lowest BCUT2D eigenvalue weighted by molar-refractivity contribution is -0.131. The molecule has 7 heteroatoms. The zero-order valence-corrected chi connectivity index (χ0v) is 17.4. The van der Waals surface area contributed by atoms with Crippen molar-refractivity contribution in [2.24, 2.45) is 0 Å². The minimum Gasteiger partial charge on any atom is -0.335 e. The standard InChI is InChI=1S/C23H22FN3O2S/c1-15-8-10-16(11-9-15)20-7-4-12-27(20)21(28)13-17-14-30-23(25-17)26-22(29)18-5-2-3-6-19(18)24/h2-3,5-6,8-11,14,20H,4,7,12-13H2,1H3,(H,25,26,29). The second kappa shape index (κ2) is 8.75. The van der Waals surface area contributed by atoms with E-state index in [1.165, 1.54) is 35.1 Å². The zero-order valence-electron chi connectivity index (χ0n) is 16.6. The zero-order chi connectivity index (χ0) is 21.1. The molecule has 1 saturated heterocycles. The Kier molecular flexibility index (Phi) is 5.90. The third-order valence-electron chi connectivity index (χ3n) is 5.26. The van der Waals surface area contributed by atoms with Gasteiger partial charge >= 0.3 is 0 Å². The Hall–Kier alpha value is -3.06. The molecule has 1 fully saturated rings. The Morgan fingerprint density at radius 3 is 2.73 bits per heavy atom. The monoisotopic (exact) mass is 423 g/mol. The average molecular weight is 424 g/mol. The molecule has 3 aromatic rings. The minimum atomic E-state index is -0.585. The summed E-state index contributed by atoms with van der Waals surface area (Å²) in [6.45, 7) is 2.78. The Labute approximate surface area is 178 Å². The summed E-state index contributed by atoms with van der Waals surface area (Å²) in [6.07, 6.45) is 2.11. The summed E-state index contributed by atoms with van der Waals surface area (Å²) < 4.78 is 13.8. The minimum absolute atomic E-state index is 0.0235. The molecule has 1 aliphatic heterocycles. The van der Waals surface area contributed by atoms with Gasteiger partial charge in [-0.1, -0.05) is 42.0 Å². The fourth-order valence-electron chi connectivity index (χ4n) is 3.71. The molecule has 0 aliphatic carbocycles. The number of thiazole rings is 1. The number of nitrogens with one attached hydrogen (secondary N) is 1. The van der Waals surface area contributed by atoms with Crippen LogP contribution in [0.25, 0.3) is 0 Å². The van der Waals surface area contributed by atoms with Gasteiger partial charge < -0.3 is 4.90 Å². The molecule has 0 saturated carbocycles. The molecule has 1 N–H and O–H groups in total. The van der Waals surface area contributed by atoms with Crippen molar-refractivity contribution in [3.05, 3.63) is 82.1 Å². The third-order valence-corrected chi connectivity index (χ3v) is 6.06. The number of carbonyl (C=O) groups is 2. The number of carbonyl (C=O) groups excluding carboxylic acids is 2. The summed E-state index contributed by atoms with van der Waals surface area (Å²) in [5.41, 5.74) is 2.91. The first-order chi connectivity index (χ1) is 14.5. The molecule has 0 spiro atoms. The van der Waals surface area contributed by atoms with Gasteiger partial charge in [-0.05, 0) is 37.5 Å². The Bertz CT molecular complexity index is 1060. The van der Waals surface area contributed by atoms with E-state index < -0.39 is 11.7 Å². The highest BCUT2D eigenvalue weighted by atomic mass is 32.1. The van der Waals surface area contributed by atoms with Crippen molar-refractivity contribution in [2.45, 2.75) is 32.2 Å². The van der Waals surface area contributed by atoms with Gasteiger partial charge in [-0.25, -0.2) is 9.37 Å². The van der Waals surface area contributed by atoms with Gasteiger partial charge in [0.25, 0.3) is 5.91 Å². The first-order valence-corrected chi connectivity index (χ1v) is 10.8. The maximum atomic E-state index is 13.8. The molecule has 4 rings (SSSR count). The van der Waals surface area contributed by atoms with Gasteiger partial charge in [0.2, 0.25) is 5.91 Å². The highest BCUT2D eigenvalue weighted by molar-refractivity contribution is 7.14. The Morgan fingerprint density at radius 2 is 1.97 bits per heavy atom. The third kappa shape index (κ3) is 4.41. The van der Waals surface area contributed by atoms with E-state index in [0.29, 0.717) is 10.8 Å². The van der Waals surface area contributed by atoms with E-state index in [4.69, 9.17) is 0 Å². The SMILES string of the molecule is Cc1ccc(C2CCCN2C(=O)Cc2csc(NC(=O)c3ccccc3F)n2)cc1. The van der Waals surface area contributed by atoms with E-state index in [9.17, 15) is 14.0 Å². The summed E-state index contributed by atoms with van der Waals surface area (Å²) in [6, 6.07) is 14.2. The van der Waals surface area contributed by atoms with E-state index in [1.54, 1.807) is 11.4 Å². The topological polar surface area (TPSA) is 62.3 Å². The number of aryl methyl sites for hydroxylation is 1. The van der Waals surface area contributed by atoms with E-state index in [-0.39, 0.29) is 23.9 Å². The molecule has 0 radical (unpaired) electrons. The van der Waals surface area contributed by atoms with Crippen LogP contribution in [-0.4, -0.2) is 28.2 Å². The predicted molar refractivity (Wildman–Crippen MR) is 115 cm³/mol. The molecule has 2 aromatic carbocycles. The second-order valence-corrected chi connectivity index (χ2v) is 8.27. The number of likely N-dealkylation sites (tertiary alicyclic amines) is 1. The molecule has 0 bridgehead atoms. The van der Waals surface area contributed by atoms with Crippen LogP contribution >= 0.6 is 11.3 Å². The summed E-state index contributed by atoms with van der Waals surface area (Å²) >= 11 is 1.23. The molecule has 1 aromatic heterocycles. The molecular weight excluding hydrogens is 401 g/mol. The maximum absolute atomic E-state index is 13.8. The molecule has 1 aliphatic rings. The number of hydrogen-bond donors (Lipinski definition) is 1. The lowest BCUT2D eigenvalue weighted by atomic mass is 10.0. The lowest BCUT2D eigenvalue weighted by Crippen LogP contribution is -2.31. The van der Waals surface area contributed by atoms with Crippen molar-refractivity contribution >= 4 is 28.3 Å². The number of anilines is 1. The summed E-state index contributed by atoms with van der Waals surface area (Å²) in [5, 5.41) is 4.71. The van der Waals surface area contributed by atoms with E-state index in [0.717, 1.165) is 24.9 Å². The van der Waals surface area contributed by atoms with Gasteiger partial charge in [0.1, 0.15) is 5.82 Å². The lowest BCUT2D eigenvalue weighted by Gasteiger charge is -2.25. The Morgan fingerprint density at radius 1 is 1.20 bits per heavy atom. The van der Waals surface area contributed by atoms with E-state index in [2.05, 4.69) is 34.6 Å². The van der Waals surface area contributed by atoms with E-state index in [1.807, 2.05) is 11.8 Å². The summed E-state index contributed by atoms with van der Waals surface area (Å²) in [5.74, 6) is -1.12. The van der Waals surface area contributed by atoms with Crippen LogP contribution in [0.3, 0.4) is 0 Å². The number of aromatic nitrogens is 1.